The van der Waals surface area contributed by atoms with Crippen LogP contribution >= 0.6 is 11.6 Å². The van der Waals surface area contributed by atoms with Crippen molar-refractivity contribution in [3.63, 3.8) is 0 Å². The van der Waals surface area contributed by atoms with Gasteiger partial charge >= 0.3 is 0 Å². The van der Waals surface area contributed by atoms with E-state index < -0.39 is 0 Å². The second-order valence-corrected chi connectivity index (χ2v) is 4.49. The van der Waals surface area contributed by atoms with E-state index in [2.05, 4.69) is 4.98 Å². The molecule has 0 aliphatic heterocycles. The number of hydrogen-bond acceptors (Lipinski definition) is 3. The van der Waals surface area contributed by atoms with Gasteiger partial charge in [0.25, 0.3) is 0 Å². The molecule has 1 N–H and O–H groups in total. The first kappa shape index (κ1) is 12.9. The molecule has 0 fully saturated rings. The molecule has 0 saturated heterocycles. The molecule has 0 aliphatic rings. The molecule has 0 unspecified atom stereocenters. The Morgan fingerprint density at radius 2 is 1.94 bits per heavy atom. The number of benzene rings is 1. The molecule has 1 aromatic carbocycles. The van der Waals surface area contributed by atoms with Crippen molar-refractivity contribution >= 4 is 11.6 Å². The molecule has 0 aliphatic carbocycles. The highest BCUT2D eigenvalue weighted by Gasteiger charge is 2.05. The summed E-state index contributed by atoms with van der Waals surface area (Å²) >= 11 is 5.87. The highest BCUT2D eigenvalue weighted by Crippen LogP contribution is 2.24. The number of aromatic nitrogens is 1. The van der Waals surface area contributed by atoms with Gasteiger partial charge in [0, 0.05) is 6.07 Å². The number of rotatable bonds is 3. The Morgan fingerprint density at radius 1 is 1.17 bits per heavy atom. The SMILES string of the molecule is Cc1ccc(Oc2ccc(Cl)c(CO)n2)cc1C. The molecule has 1 heterocycles. The summed E-state index contributed by atoms with van der Waals surface area (Å²) in [7, 11) is 0. The third-order valence-electron chi connectivity index (χ3n) is 2.74. The summed E-state index contributed by atoms with van der Waals surface area (Å²) in [6.45, 7) is 3.86. The number of pyridine rings is 1. The second kappa shape index (κ2) is 5.38. The summed E-state index contributed by atoms with van der Waals surface area (Å²) in [6, 6.07) is 9.17. The first-order valence-corrected chi connectivity index (χ1v) is 5.99. The smallest absolute Gasteiger partial charge is 0.219 e. The van der Waals surface area contributed by atoms with E-state index in [1.807, 2.05) is 32.0 Å². The lowest BCUT2D eigenvalue weighted by molar-refractivity contribution is 0.275. The summed E-state index contributed by atoms with van der Waals surface area (Å²) < 4.78 is 5.63. The number of aliphatic hydroxyl groups excluding tert-OH is 1. The van der Waals surface area contributed by atoms with Gasteiger partial charge in [0.2, 0.25) is 5.88 Å². The highest BCUT2D eigenvalue weighted by molar-refractivity contribution is 6.31. The monoisotopic (exact) mass is 263 g/mol. The fourth-order valence-electron chi connectivity index (χ4n) is 1.53. The van der Waals surface area contributed by atoms with Crippen molar-refractivity contribution in [3.05, 3.63) is 52.2 Å². The minimum atomic E-state index is -0.205. The van der Waals surface area contributed by atoms with Crippen LogP contribution in [-0.4, -0.2) is 10.1 Å². The molecule has 0 bridgehead atoms. The molecule has 2 aromatic rings. The van der Waals surface area contributed by atoms with Gasteiger partial charge in [-0.05, 0) is 43.2 Å². The zero-order valence-corrected chi connectivity index (χ0v) is 11.0. The van der Waals surface area contributed by atoms with Gasteiger partial charge in [-0.3, -0.25) is 0 Å². The van der Waals surface area contributed by atoms with Crippen molar-refractivity contribution < 1.29 is 9.84 Å². The van der Waals surface area contributed by atoms with Crippen LogP contribution in [0.4, 0.5) is 0 Å². The van der Waals surface area contributed by atoms with Gasteiger partial charge in [0.1, 0.15) is 5.75 Å². The van der Waals surface area contributed by atoms with Gasteiger partial charge in [-0.25, -0.2) is 4.98 Å². The van der Waals surface area contributed by atoms with Gasteiger partial charge in [-0.1, -0.05) is 17.7 Å². The van der Waals surface area contributed by atoms with E-state index in [0.717, 1.165) is 11.3 Å². The average Bonchev–Trinajstić information content (AvgIpc) is 2.36. The first-order chi connectivity index (χ1) is 8.60. The maximum Gasteiger partial charge on any atom is 0.219 e. The van der Waals surface area contributed by atoms with Crippen LogP contribution in [-0.2, 0) is 6.61 Å². The maximum atomic E-state index is 9.09. The third kappa shape index (κ3) is 2.81. The van der Waals surface area contributed by atoms with Gasteiger partial charge in [-0.2, -0.15) is 0 Å². The molecule has 3 nitrogen and oxygen atoms in total. The largest absolute Gasteiger partial charge is 0.439 e. The zero-order valence-electron chi connectivity index (χ0n) is 10.3. The standard InChI is InChI=1S/C14H14ClNO2/c1-9-3-4-11(7-10(9)2)18-14-6-5-12(15)13(8-17)16-14/h3-7,17H,8H2,1-2H3. The van der Waals surface area contributed by atoms with Gasteiger partial charge in [-0.15, -0.1) is 0 Å². The molecule has 0 saturated carbocycles. The average molecular weight is 264 g/mol. The lowest BCUT2D eigenvalue weighted by Gasteiger charge is -2.08. The summed E-state index contributed by atoms with van der Waals surface area (Å²) in [5.41, 5.74) is 2.78. The van der Waals surface area contributed by atoms with E-state index in [4.69, 9.17) is 21.4 Å². The number of halogens is 1. The molecule has 4 heteroatoms. The molecule has 0 spiro atoms. The Hall–Kier alpha value is -1.58. The number of aliphatic hydroxyl groups is 1. The minimum Gasteiger partial charge on any atom is -0.439 e. The van der Waals surface area contributed by atoms with Crippen LogP contribution in [0.5, 0.6) is 11.6 Å². The molecule has 0 amide bonds. The van der Waals surface area contributed by atoms with Crippen LogP contribution in [0.25, 0.3) is 0 Å². The number of aryl methyl sites for hydroxylation is 2. The van der Waals surface area contributed by atoms with Crippen LogP contribution in [0.2, 0.25) is 5.02 Å². The van der Waals surface area contributed by atoms with Gasteiger partial charge in [0.15, 0.2) is 0 Å². The fraction of sp³-hybridized carbons (Fsp3) is 0.214. The van der Waals surface area contributed by atoms with Crippen LogP contribution in [0.3, 0.4) is 0 Å². The van der Waals surface area contributed by atoms with E-state index >= 15 is 0 Å². The Kier molecular flexibility index (Phi) is 3.84. The molecule has 1 aromatic heterocycles. The molecule has 18 heavy (non-hydrogen) atoms. The van der Waals surface area contributed by atoms with E-state index in [1.165, 1.54) is 5.56 Å². The van der Waals surface area contributed by atoms with Crippen LogP contribution in [0, 0.1) is 13.8 Å². The maximum absolute atomic E-state index is 9.09. The summed E-state index contributed by atoms with van der Waals surface area (Å²) in [5.74, 6) is 1.14. The van der Waals surface area contributed by atoms with Crippen molar-refractivity contribution in [1.82, 2.24) is 4.98 Å². The van der Waals surface area contributed by atoms with E-state index in [1.54, 1.807) is 12.1 Å². The molecule has 94 valence electrons. The number of ether oxygens (including phenoxy) is 1. The van der Waals surface area contributed by atoms with Crippen molar-refractivity contribution in [2.24, 2.45) is 0 Å². The third-order valence-corrected chi connectivity index (χ3v) is 3.09. The lowest BCUT2D eigenvalue weighted by atomic mass is 10.1. The molecule has 2 rings (SSSR count). The van der Waals surface area contributed by atoms with Crippen LogP contribution in [0.15, 0.2) is 30.3 Å². The Labute approximate surface area is 111 Å². The van der Waals surface area contributed by atoms with Crippen molar-refractivity contribution in [2.75, 3.05) is 0 Å². The highest BCUT2D eigenvalue weighted by atomic mass is 35.5. The fourth-order valence-corrected chi connectivity index (χ4v) is 1.70. The molecular weight excluding hydrogens is 250 g/mol. The Balaban J connectivity index is 2.25. The number of nitrogens with zero attached hydrogens (tertiary/aromatic N) is 1. The summed E-state index contributed by atoms with van der Waals surface area (Å²) in [6.07, 6.45) is 0. The number of hydrogen-bond donors (Lipinski definition) is 1. The van der Waals surface area contributed by atoms with Crippen LogP contribution in [0.1, 0.15) is 16.8 Å². The quantitative estimate of drug-likeness (QED) is 0.919. The van der Waals surface area contributed by atoms with E-state index in [0.29, 0.717) is 16.6 Å². The molecule has 0 atom stereocenters. The first-order valence-electron chi connectivity index (χ1n) is 5.61. The summed E-state index contributed by atoms with van der Waals surface area (Å²) in [5, 5.41) is 9.52. The van der Waals surface area contributed by atoms with Crippen molar-refractivity contribution in [3.8, 4) is 11.6 Å². The Morgan fingerprint density at radius 3 is 2.61 bits per heavy atom. The zero-order chi connectivity index (χ0) is 13.1. The minimum absolute atomic E-state index is 0.205. The second-order valence-electron chi connectivity index (χ2n) is 4.08. The topological polar surface area (TPSA) is 42.4 Å². The summed E-state index contributed by atoms with van der Waals surface area (Å²) in [4.78, 5) is 4.13. The van der Waals surface area contributed by atoms with Crippen LogP contribution < -0.4 is 4.74 Å². The predicted molar refractivity (Wildman–Crippen MR) is 71.2 cm³/mol. The lowest BCUT2D eigenvalue weighted by Crippen LogP contribution is -1.95. The van der Waals surface area contributed by atoms with E-state index in [-0.39, 0.29) is 6.61 Å². The van der Waals surface area contributed by atoms with Crippen molar-refractivity contribution in [2.45, 2.75) is 20.5 Å². The van der Waals surface area contributed by atoms with Crippen molar-refractivity contribution in [1.29, 1.82) is 0 Å². The van der Waals surface area contributed by atoms with E-state index in [9.17, 15) is 0 Å². The Bertz CT molecular complexity index is 570. The molecule has 0 radical (unpaired) electrons. The van der Waals surface area contributed by atoms with Gasteiger partial charge < -0.3 is 9.84 Å². The van der Waals surface area contributed by atoms with Gasteiger partial charge in [0.05, 0.1) is 17.3 Å². The predicted octanol–water partition coefficient (Wildman–Crippen LogP) is 3.64. The normalized spacial score (nSPS) is 10.4. The molecular formula is C14H14ClNO2.